The smallest absolute Gasteiger partial charge is 0.433 e. The van der Waals surface area contributed by atoms with Crippen LogP contribution in [-0.2, 0) is 15.7 Å². The molecule has 0 spiro atoms. The number of carbonyl (C=O) groups excluding carboxylic acids is 2. The molecule has 0 bridgehead atoms. The quantitative estimate of drug-likeness (QED) is 0.228. The van der Waals surface area contributed by atoms with Crippen molar-refractivity contribution in [1.29, 1.82) is 0 Å². The van der Waals surface area contributed by atoms with Crippen molar-refractivity contribution < 1.29 is 27.5 Å². The molecule has 2 unspecified atom stereocenters. The number of hydrogen-bond donors (Lipinski definition) is 1. The lowest BCUT2D eigenvalue weighted by Gasteiger charge is -2.24. The number of anilines is 1. The highest BCUT2D eigenvalue weighted by atomic mass is 19.4. The van der Waals surface area contributed by atoms with Crippen LogP contribution in [0.3, 0.4) is 0 Å². The molecule has 0 radical (unpaired) electrons. The minimum atomic E-state index is -4.65. The zero-order valence-electron chi connectivity index (χ0n) is 23.7. The first-order valence-corrected chi connectivity index (χ1v) is 14.3. The molecule has 2 atom stereocenters. The van der Waals surface area contributed by atoms with Gasteiger partial charge in [0.2, 0.25) is 0 Å². The summed E-state index contributed by atoms with van der Waals surface area (Å²) in [5, 5.41) is 6.88. The van der Waals surface area contributed by atoms with Gasteiger partial charge in [0.05, 0.1) is 30.1 Å². The van der Waals surface area contributed by atoms with Gasteiger partial charge in [0.15, 0.2) is 0 Å². The molecule has 0 saturated heterocycles. The molecule has 3 heterocycles. The van der Waals surface area contributed by atoms with Gasteiger partial charge in [-0.25, -0.2) is 9.67 Å². The van der Waals surface area contributed by atoms with E-state index < -0.39 is 11.9 Å². The number of carbonyl (C=O) groups is 2. The molecule has 43 heavy (non-hydrogen) atoms. The summed E-state index contributed by atoms with van der Waals surface area (Å²) in [6.07, 6.45) is 4.87. The van der Waals surface area contributed by atoms with E-state index in [0.29, 0.717) is 17.7 Å². The highest BCUT2D eigenvalue weighted by Gasteiger charge is 2.36. The normalized spacial score (nSPS) is 17.5. The van der Waals surface area contributed by atoms with E-state index in [1.54, 1.807) is 18.2 Å². The number of amides is 1. The van der Waals surface area contributed by atoms with Crippen LogP contribution in [0.4, 0.5) is 19.0 Å². The lowest BCUT2D eigenvalue weighted by Crippen LogP contribution is -2.20. The monoisotopic (exact) mass is 591 g/mol. The van der Waals surface area contributed by atoms with Crippen LogP contribution in [0, 0.1) is 5.92 Å². The molecule has 0 aliphatic heterocycles. The summed E-state index contributed by atoms with van der Waals surface area (Å²) in [4.78, 5) is 33.5. The molecule has 8 nitrogen and oxygen atoms in total. The van der Waals surface area contributed by atoms with E-state index in [4.69, 9.17) is 4.74 Å². The summed E-state index contributed by atoms with van der Waals surface area (Å²) in [5.74, 6) is -0.206. The molecular formula is C32H32F3N5O3. The Balaban J connectivity index is 1.29. The summed E-state index contributed by atoms with van der Waals surface area (Å²) in [5.41, 5.74) is 1.18. The van der Waals surface area contributed by atoms with Crippen molar-refractivity contribution in [3.05, 3.63) is 90.0 Å². The average Bonchev–Trinajstić information content (AvgIpc) is 3.45. The third-order valence-electron chi connectivity index (χ3n) is 7.65. The number of alkyl halides is 3. The first kappa shape index (κ1) is 29.9. The van der Waals surface area contributed by atoms with Crippen LogP contribution in [-0.4, -0.2) is 38.2 Å². The standard InChI is InChI=1S/C32H32F3N5O3/c1-2-43-31(42)22-8-4-3-7-21(12-13-22)23-9-5-10-24(17-23)30(41)38-29-15-14-26(20-37-29)40-28(32(33,34)35)18-27(39-40)25-11-6-16-36-19-25/h5-6,9-11,14-22H,2-4,7-8,12-13H2,1H3,(H,37,38,41). The van der Waals surface area contributed by atoms with Crippen molar-refractivity contribution in [2.24, 2.45) is 5.92 Å². The van der Waals surface area contributed by atoms with Gasteiger partial charge >= 0.3 is 12.1 Å². The molecule has 1 fully saturated rings. The summed E-state index contributed by atoms with van der Waals surface area (Å²) in [6, 6.07) is 14.5. The summed E-state index contributed by atoms with van der Waals surface area (Å²) < 4.78 is 47.5. The number of ether oxygens (including phenoxy) is 1. The van der Waals surface area contributed by atoms with Crippen molar-refractivity contribution in [3.8, 4) is 16.9 Å². The van der Waals surface area contributed by atoms with Crippen LogP contribution < -0.4 is 5.32 Å². The fraction of sp³-hybridized carbons (Fsp3) is 0.344. The highest BCUT2D eigenvalue weighted by Crippen LogP contribution is 2.35. The second kappa shape index (κ2) is 13.2. The predicted octanol–water partition coefficient (Wildman–Crippen LogP) is 7.22. The zero-order valence-corrected chi connectivity index (χ0v) is 23.7. The Labute approximate surface area is 247 Å². The topological polar surface area (TPSA) is 99.0 Å². The number of halogens is 3. The molecule has 1 aromatic carbocycles. The SMILES string of the molecule is CCOC(=O)C1CCCCC(c2cccc(C(=O)Nc3ccc(-n4nc(-c5cccnc5)cc4C(F)(F)F)cn3)c2)CC1. The molecule has 11 heteroatoms. The van der Waals surface area contributed by atoms with Crippen molar-refractivity contribution in [1.82, 2.24) is 19.7 Å². The lowest BCUT2D eigenvalue weighted by molar-refractivity contribution is -0.148. The summed E-state index contributed by atoms with van der Waals surface area (Å²) >= 11 is 0. The van der Waals surface area contributed by atoms with E-state index in [0.717, 1.165) is 54.8 Å². The van der Waals surface area contributed by atoms with Gasteiger partial charge in [-0.3, -0.25) is 14.6 Å². The van der Waals surface area contributed by atoms with E-state index >= 15 is 0 Å². The zero-order chi connectivity index (χ0) is 30.4. The number of nitrogens with zero attached hydrogens (tertiary/aromatic N) is 4. The van der Waals surface area contributed by atoms with Crippen LogP contribution in [0.25, 0.3) is 16.9 Å². The van der Waals surface area contributed by atoms with Gasteiger partial charge in [-0.2, -0.15) is 18.3 Å². The number of nitrogens with one attached hydrogen (secondary N) is 1. The molecule has 3 aromatic heterocycles. The molecule has 1 aliphatic carbocycles. The van der Waals surface area contributed by atoms with Crippen molar-refractivity contribution in [3.63, 3.8) is 0 Å². The Kier molecular flexibility index (Phi) is 9.18. The Hall–Kier alpha value is -4.54. The minimum absolute atomic E-state index is 0.0906. The van der Waals surface area contributed by atoms with Crippen LogP contribution in [0.5, 0.6) is 0 Å². The van der Waals surface area contributed by atoms with Crippen molar-refractivity contribution in [2.45, 2.75) is 57.5 Å². The van der Waals surface area contributed by atoms with Gasteiger partial charge in [0.1, 0.15) is 11.5 Å². The molecular weight excluding hydrogens is 559 g/mol. The van der Waals surface area contributed by atoms with Gasteiger partial charge in [-0.1, -0.05) is 25.0 Å². The van der Waals surface area contributed by atoms with Crippen LogP contribution in [0.15, 0.2) is 73.2 Å². The Morgan fingerprint density at radius 1 is 1.00 bits per heavy atom. The largest absolute Gasteiger partial charge is 0.466 e. The first-order chi connectivity index (χ1) is 20.7. The maximum Gasteiger partial charge on any atom is 0.433 e. The second-order valence-corrected chi connectivity index (χ2v) is 10.6. The third-order valence-corrected chi connectivity index (χ3v) is 7.65. The molecule has 5 rings (SSSR count). The highest BCUT2D eigenvalue weighted by molar-refractivity contribution is 6.03. The molecule has 1 N–H and O–H groups in total. The first-order valence-electron chi connectivity index (χ1n) is 14.3. The van der Waals surface area contributed by atoms with E-state index in [2.05, 4.69) is 20.4 Å². The fourth-order valence-electron chi connectivity index (χ4n) is 5.44. The Morgan fingerprint density at radius 3 is 2.56 bits per heavy atom. The minimum Gasteiger partial charge on any atom is -0.466 e. The van der Waals surface area contributed by atoms with Gasteiger partial charge in [0, 0.05) is 23.5 Å². The van der Waals surface area contributed by atoms with E-state index in [9.17, 15) is 22.8 Å². The summed E-state index contributed by atoms with van der Waals surface area (Å²) in [7, 11) is 0. The number of aromatic nitrogens is 4. The number of benzene rings is 1. The van der Waals surface area contributed by atoms with Gasteiger partial charge in [0.25, 0.3) is 5.91 Å². The molecule has 4 aromatic rings. The maximum atomic E-state index is 13.8. The maximum absolute atomic E-state index is 13.8. The lowest BCUT2D eigenvalue weighted by atomic mass is 9.81. The van der Waals surface area contributed by atoms with E-state index in [1.165, 1.54) is 30.7 Å². The second-order valence-electron chi connectivity index (χ2n) is 10.6. The predicted molar refractivity (Wildman–Crippen MR) is 155 cm³/mol. The van der Waals surface area contributed by atoms with Crippen LogP contribution in [0.2, 0.25) is 0 Å². The van der Waals surface area contributed by atoms with Gasteiger partial charge < -0.3 is 10.1 Å². The third kappa shape index (κ3) is 7.28. The van der Waals surface area contributed by atoms with Crippen LogP contribution >= 0.6 is 0 Å². The van der Waals surface area contributed by atoms with E-state index in [-0.39, 0.29) is 40.9 Å². The van der Waals surface area contributed by atoms with Crippen molar-refractivity contribution >= 4 is 17.7 Å². The molecule has 1 amide bonds. The Bertz CT molecular complexity index is 1550. The van der Waals surface area contributed by atoms with Gasteiger partial charge in [-0.15, -0.1) is 0 Å². The van der Waals surface area contributed by atoms with Crippen molar-refractivity contribution in [2.75, 3.05) is 11.9 Å². The van der Waals surface area contributed by atoms with Crippen LogP contribution in [0.1, 0.15) is 73.0 Å². The Morgan fingerprint density at radius 2 is 1.84 bits per heavy atom. The number of pyridine rings is 2. The number of rotatable bonds is 7. The molecule has 1 aliphatic rings. The number of hydrogen-bond acceptors (Lipinski definition) is 6. The molecule has 224 valence electrons. The fourth-order valence-corrected chi connectivity index (χ4v) is 5.44. The number of esters is 1. The van der Waals surface area contributed by atoms with E-state index in [1.807, 2.05) is 25.1 Å². The average molecular weight is 592 g/mol. The molecule has 1 saturated carbocycles. The summed E-state index contributed by atoms with van der Waals surface area (Å²) in [6.45, 7) is 2.19. The van der Waals surface area contributed by atoms with Gasteiger partial charge in [-0.05, 0) is 86.6 Å².